The Morgan fingerprint density at radius 1 is 1.14 bits per heavy atom. The van der Waals surface area contributed by atoms with Crippen LogP contribution in [0.5, 0.6) is 11.5 Å². The summed E-state index contributed by atoms with van der Waals surface area (Å²) in [5.74, 6) is 1.69. The zero-order valence-corrected chi connectivity index (χ0v) is 17.4. The number of fused-ring (bicyclic) bond motifs is 1. The lowest BCUT2D eigenvalue weighted by Crippen LogP contribution is -2.37. The molecule has 2 aliphatic heterocycles. The van der Waals surface area contributed by atoms with Crippen LogP contribution in [0, 0.1) is 0 Å². The Morgan fingerprint density at radius 2 is 1.96 bits per heavy atom. The molecule has 2 aromatic rings. The van der Waals surface area contributed by atoms with E-state index in [1.54, 1.807) is 0 Å². The molecule has 1 fully saturated rings. The van der Waals surface area contributed by atoms with E-state index >= 15 is 0 Å². The van der Waals surface area contributed by atoms with Gasteiger partial charge in [0.25, 0.3) is 0 Å². The number of nitrogens with zero attached hydrogens (tertiary/aromatic N) is 1. The molecule has 5 nitrogen and oxygen atoms in total. The fraction of sp³-hybridized carbons (Fsp3) is 0.409. The van der Waals surface area contributed by atoms with Gasteiger partial charge in [-0.15, -0.1) is 0 Å². The first-order valence-corrected chi connectivity index (χ1v) is 10.7. The minimum atomic E-state index is 0.103. The Labute approximate surface area is 174 Å². The van der Waals surface area contributed by atoms with Crippen LogP contribution in [0.3, 0.4) is 0 Å². The molecule has 28 heavy (non-hydrogen) atoms. The maximum Gasteiger partial charge on any atom is 0.220 e. The molecule has 0 aromatic heterocycles. The van der Waals surface area contributed by atoms with E-state index in [1.807, 2.05) is 30.3 Å². The van der Waals surface area contributed by atoms with Crippen molar-refractivity contribution in [2.45, 2.75) is 31.7 Å². The molecule has 0 saturated carbocycles. The Balaban J connectivity index is 1.27. The molecule has 0 aliphatic carbocycles. The Bertz CT molecular complexity index is 842. The minimum absolute atomic E-state index is 0.103. The van der Waals surface area contributed by atoms with Gasteiger partial charge in [0.05, 0.1) is 18.9 Å². The summed E-state index contributed by atoms with van der Waals surface area (Å²) < 4.78 is 12.5. The average molecular weight is 445 g/mol. The van der Waals surface area contributed by atoms with Crippen LogP contribution < -0.4 is 19.7 Å². The number of nitrogens with one attached hydrogen (secondary N) is 1. The number of carbonyl (C=O) groups excluding carboxylic acids is 1. The first-order valence-electron chi connectivity index (χ1n) is 9.86. The topological polar surface area (TPSA) is 50.8 Å². The molecule has 2 heterocycles. The zero-order valence-electron chi connectivity index (χ0n) is 15.8. The molecule has 1 atom stereocenters. The lowest BCUT2D eigenvalue weighted by atomic mass is 10.1. The monoisotopic (exact) mass is 444 g/mol. The Hall–Kier alpha value is -2.21. The molecule has 0 spiro atoms. The van der Waals surface area contributed by atoms with Crippen molar-refractivity contribution in [1.29, 1.82) is 0 Å². The van der Waals surface area contributed by atoms with Gasteiger partial charge in [-0.3, -0.25) is 4.79 Å². The lowest BCUT2D eigenvalue weighted by Gasteiger charge is -2.20. The fourth-order valence-corrected chi connectivity index (χ4v) is 4.26. The maximum absolute atomic E-state index is 12.4. The molecule has 2 aromatic carbocycles. The molecule has 4 rings (SSSR count). The smallest absolute Gasteiger partial charge is 0.220 e. The van der Waals surface area contributed by atoms with Gasteiger partial charge in [0.2, 0.25) is 5.91 Å². The molecular formula is C22H25BrN2O3. The van der Waals surface area contributed by atoms with Gasteiger partial charge in [-0.1, -0.05) is 18.2 Å². The lowest BCUT2D eigenvalue weighted by molar-refractivity contribution is -0.121. The van der Waals surface area contributed by atoms with Crippen molar-refractivity contribution >= 4 is 27.5 Å². The number of amides is 1. The third-order valence-electron chi connectivity index (χ3n) is 5.20. The highest BCUT2D eigenvalue weighted by atomic mass is 79.9. The highest BCUT2D eigenvalue weighted by molar-refractivity contribution is 9.10. The first-order chi connectivity index (χ1) is 13.7. The van der Waals surface area contributed by atoms with Crippen molar-refractivity contribution in [3.8, 4) is 11.5 Å². The summed E-state index contributed by atoms with van der Waals surface area (Å²) in [5, 5.41) is 3.19. The van der Waals surface area contributed by atoms with Gasteiger partial charge < -0.3 is 19.7 Å². The number of benzene rings is 2. The maximum atomic E-state index is 12.4. The quantitative estimate of drug-likeness (QED) is 0.758. The standard InChI is InChI=1S/C22H25BrN2O3/c23-18-4-1-2-5-19(18)25-11-10-17(15-25)24-22(26)9-7-16-6-8-20-21(14-16)28-13-3-12-27-20/h1-2,4-6,8,14,17H,3,7,9-13,15H2,(H,24,26). The van der Waals surface area contributed by atoms with Crippen LogP contribution in [0.2, 0.25) is 0 Å². The van der Waals surface area contributed by atoms with Crippen LogP contribution in [0.4, 0.5) is 5.69 Å². The van der Waals surface area contributed by atoms with Crippen molar-refractivity contribution < 1.29 is 14.3 Å². The predicted molar refractivity (Wildman–Crippen MR) is 113 cm³/mol. The third-order valence-corrected chi connectivity index (χ3v) is 5.87. The number of aryl methyl sites for hydroxylation is 1. The normalized spacial score (nSPS) is 18.6. The number of ether oxygens (including phenoxy) is 2. The summed E-state index contributed by atoms with van der Waals surface area (Å²) in [5.41, 5.74) is 2.28. The molecule has 0 bridgehead atoms. The summed E-state index contributed by atoms with van der Waals surface area (Å²) in [4.78, 5) is 14.7. The largest absolute Gasteiger partial charge is 0.490 e. The highest BCUT2D eigenvalue weighted by Gasteiger charge is 2.25. The molecule has 1 unspecified atom stereocenters. The van der Waals surface area contributed by atoms with Crippen LogP contribution in [0.1, 0.15) is 24.8 Å². The van der Waals surface area contributed by atoms with E-state index in [4.69, 9.17) is 9.47 Å². The van der Waals surface area contributed by atoms with Crippen molar-refractivity contribution in [1.82, 2.24) is 5.32 Å². The number of anilines is 1. The number of hydrogen-bond donors (Lipinski definition) is 1. The van der Waals surface area contributed by atoms with E-state index in [9.17, 15) is 4.79 Å². The van der Waals surface area contributed by atoms with Gasteiger partial charge in [-0.05, 0) is 58.6 Å². The van der Waals surface area contributed by atoms with Gasteiger partial charge in [0.15, 0.2) is 11.5 Å². The summed E-state index contributed by atoms with van der Waals surface area (Å²) >= 11 is 3.61. The zero-order chi connectivity index (χ0) is 19.3. The highest BCUT2D eigenvalue weighted by Crippen LogP contribution is 2.31. The summed E-state index contributed by atoms with van der Waals surface area (Å²) in [6, 6.07) is 14.4. The average Bonchev–Trinajstić information content (AvgIpc) is 3.02. The second kappa shape index (κ2) is 8.86. The van der Waals surface area contributed by atoms with Crippen molar-refractivity contribution in [2.75, 3.05) is 31.2 Å². The van der Waals surface area contributed by atoms with Crippen LogP contribution in [0.25, 0.3) is 0 Å². The van der Waals surface area contributed by atoms with Crippen LogP contribution >= 0.6 is 15.9 Å². The minimum Gasteiger partial charge on any atom is -0.490 e. The fourth-order valence-electron chi connectivity index (χ4n) is 3.73. The molecule has 148 valence electrons. The molecule has 1 saturated heterocycles. The summed E-state index contributed by atoms with van der Waals surface area (Å²) in [6.45, 7) is 3.16. The second-order valence-corrected chi connectivity index (χ2v) is 8.14. The molecule has 2 aliphatic rings. The number of para-hydroxylation sites is 1. The van der Waals surface area contributed by atoms with Crippen LogP contribution in [-0.4, -0.2) is 38.3 Å². The molecule has 6 heteroatoms. The predicted octanol–water partition coefficient (Wildman–Crippen LogP) is 3.94. The van der Waals surface area contributed by atoms with E-state index in [0.717, 1.165) is 47.5 Å². The third kappa shape index (κ3) is 4.61. The van der Waals surface area contributed by atoms with E-state index in [1.165, 1.54) is 5.69 Å². The van der Waals surface area contributed by atoms with E-state index < -0.39 is 0 Å². The van der Waals surface area contributed by atoms with E-state index in [0.29, 0.717) is 26.1 Å². The van der Waals surface area contributed by atoms with E-state index in [-0.39, 0.29) is 11.9 Å². The SMILES string of the molecule is O=C(CCc1ccc2c(c1)OCCCO2)NC1CCN(c2ccccc2Br)C1. The second-order valence-electron chi connectivity index (χ2n) is 7.28. The first kappa shape index (κ1) is 19.1. The van der Waals surface area contributed by atoms with Gasteiger partial charge in [-0.25, -0.2) is 0 Å². The Kier molecular flexibility index (Phi) is 6.05. The molecule has 1 N–H and O–H groups in total. The summed E-state index contributed by atoms with van der Waals surface area (Å²) in [7, 11) is 0. The van der Waals surface area contributed by atoms with Gasteiger partial charge >= 0.3 is 0 Å². The van der Waals surface area contributed by atoms with Crippen molar-refractivity contribution in [2.24, 2.45) is 0 Å². The van der Waals surface area contributed by atoms with Gasteiger partial charge in [-0.2, -0.15) is 0 Å². The summed E-state index contributed by atoms with van der Waals surface area (Å²) in [6.07, 6.45) is 3.04. The van der Waals surface area contributed by atoms with E-state index in [2.05, 4.69) is 38.3 Å². The van der Waals surface area contributed by atoms with Gasteiger partial charge in [0, 0.05) is 36.4 Å². The van der Waals surface area contributed by atoms with Crippen LogP contribution in [-0.2, 0) is 11.2 Å². The number of carbonyl (C=O) groups is 1. The van der Waals surface area contributed by atoms with Crippen molar-refractivity contribution in [3.05, 3.63) is 52.5 Å². The van der Waals surface area contributed by atoms with Gasteiger partial charge in [0.1, 0.15) is 0 Å². The van der Waals surface area contributed by atoms with Crippen LogP contribution in [0.15, 0.2) is 46.9 Å². The Morgan fingerprint density at radius 3 is 2.82 bits per heavy atom. The molecule has 1 amide bonds. The van der Waals surface area contributed by atoms with Crippen molar-refractivity contribution in [3.63, 3.8) is 0 Å². The number of halogens is 1. The number of rotatable bonds is 5. The molecular weight excluding hydrogens is 420 g/mol. The number of hydrogen-bond acceptors (Lipinski definition) is 4. The molecule has 0 radical (unpaired) electrons.